The van der Waals surface area contributed by atoms with Crippen LogP contribution in [0.3, 0.4) is 0 Å². The average molecular weight is 424 g/mol. The molecule has 1 unspecified atom stereocenters. The molecule has 3 aromatic rings. The normalized spacial score (nSPS) is 16.6. The van der Waals surface area contributed by atoms with Crippen LogP contribution in [0.5, 0.6) is 0 Å². The summed E-state index contributed by atoms with van der Waals surface area (Å²) in [5.41, 5.74) is 2.61. The Labute approximate surface area is 180 Å². The lowest BCUT2D eigenvalue weighted by Gasteiger charge is -2.31. The van der Waals surface area contributed by atoms with Gasteiger partial charge in [-0.1, -0.05) is 6.07 Å². The molecule has 1 aliphatic heterocycles. The third-order valence-electron chi connectivity index (χ3n) is 5.23. The number of esters is 1. The molecule has 0 bridgehead atoms. The van der Waals surface area contributed by atoms with E-state index in [-0.39, 0.29) is 17.8 Å². The summed E-state index contributed by atoms with van der Waals surface area (Å²) in [4.78, 5) is 32.4. The Balaban J connectivity index is 1.35. The minimum Gasteiger partial charge on any atom is -0.466 e. The number of hydrogen-bond donors (Lipinski definition) is 0. The summed E-state index contributed by atoms with van der Waals surface area (Å²) in [6, 6.07) is 13.6. The van der Waals surface area contributed by atoms with Crippen LogP contribution in [0.2, 0.25) is 0 Å². The number of benzene rings is 1. The maximum atomic E-state index is 12.9. The van der Waals surface area contributed by atoms with Gasteiger partial charge < -0.3 is 14.0 Å². The van der Waals surface area contributed by atoms with Crippen LogP contribution in [-0.4, -0.2) is 45.9 Å². The lowest BCUT2D eigenvalue weighted by Crippen LogP contribution is -2.42. The Bertz CT molecular complexity index is 999. The maximum absolute atomic E-state index is 12.9. The summed E-state index contributed by atoms with van der Waals surface area (Å²) in [6.45, 7) is 3.29. The number of thioether (sulfide) groups is 1. The molecule has 7 heteroatoms. The molecule has 4 rings (SSSR count). The van der Waals surface area contributed by atoms with E-state index in [0.717, 1.165) is 34.8 Å². The molecule has 1 fully saturated rings. The second-order valence-corrected chi connectivity index (χ2v) is 8.40. The highest BCUT2D eigenvalue weighted by molar-refractivity contribution is 7.98. The Morgan fingerprint density at radius 2 is 2.03 bits per heavy atom. The topological polar surface area (TPSA) is 63.9 Å². The number of fused-ring (bicyclic) bond motifs is 1. The van der Waals surface area contributed by atoms with Crippen LogP contribution < -0.4 is 0 Å². The molecule has 0 saturated carbocycles. The van der Waals surface area contributed by atoms with Gasteiger partial charge >= 0.3 is 5.97 Å². The van der Waals surface area contributed by atoms with Gasteiger partial charge in [0.25, 0.3) is 5.91 Å². The molecule has 1 aliphatic rings. The van der Waals surface area contributed by atoms with Gasteiger partial charge in [-0.15, -0.1) is 11.8 Å². The number of nitrogens with zero attached hydrogens (tertiary/aromatic N) is 3. The predicted octanol–water partition coefficient (Wildman–Crippen LogP) is 4.04. The van der Waals surface area contributed by atoms with Gasteiger partial charge in [-0.25, -0.2) is 4.98 Å². The van der Waals surface area contributed by atoms with E-state index in [1.54, 1.807) is 23.6 Å². The van der Waals surface area contributed by atoms with E-state index in [9.17, 15) is 9.59 Å². The van der Waals surface area contributed by atoms with E-state index < -0.39 is 0 Å². The molecule has 1 atom stereocenters. The van der Waals surface area contributed by atoms with Crippen molar-refractivity contribution in [3.8, 4) is 0 Å². The SMILES string of the molecule is CCOC(=O)C1CCCN(C(=O)c2ccc(SCc3cn4ccccc4n3)cc2)C1. The Hall–Kier alpha value is -2.80. The van der Waals surface area contributed by atoms with Crippen molar-refractivity contribution < 1.29 is 14.3 Å². The van der Waals surface area contributed by atoms with Crippen LogP contribution in [0.15, 0.2) is 59.8 Å². The van der Waals surface area contributed by atoms with E-state index >= 15 is 0 Å². The zero-order valence-corrected chi connectivity index (χ0v) is 17.8. The summed E-state index contributed by atoms with van der Waals surface area (Å²) < 4.78 is 7.14. The van der Waals surface area contributed by atoms with Gasteiger partial charge in [0.2, 0.25) is 0 Å². The summed E-state index contributed by atoms with van der Waals surface area (Å²) in [7, 11) is 0. The largest absolute Gasteiger partial charge is 0.466 e. The number of aromatic nitrogens is 2. The standard InChI is InChI=1S/C23H25N3O3S/c1-2-29-23(28)18-6-5-13-26(14-18)22(27)17-8-10-20(11-9-17)30-16-19-15-25-12-4-3-7-21(25)24-19/h3-4,7-12,15,18H,2,5-6,13-14,16H2,1H3. The molecule has 1 aromatic carbocycles. The molecule has 3 heterocycles. The minimum atomic E-state index is -0.220. The summed E-state index contributed by atoms with van der Waals surface area (Å²) in [6.07, 6.45) is 5.63. The van der Waals surface area contributed by atoms with Gasteiger partial charge in [-0.05, 0) is 56.2 Å². The first-order valence-corrected chi connectivity index (χ1v) is 11.2. The van der Waals surface area contributed by atoms with Gasteiger partial charge in [0.15, 0.2) is 0 Å². The molecule has 2 aromatic heterocycles. The molecule has 30 heavy (non-hydrogen) atoms. The number of rotatable bonds is 6. The van der Waals surface area contributed by atoms with Crippen molar-refractivity contribution in [3.05, 3.63) is 66.1 Å². The molecule has 0 spiro atoms. The highest BCUT2D eigenvalue weighted by atomic mass is 32.2. The van der Waals surface area contributed by atoms with E-state index in [0.29, 0.717) is 25.3 Å². The third-order valence-corrected chi connectivity index (χ3v) is 6.28. The summed E-state index contributed by atoms with van der Waals surface area (Å²) in [5, 5.41) is 0. The van der Waals surface area contributed by atoms with Crippen molar-refractivity contribution >= 4 is 29.3 Å². The number of ether oxygens (including phenoxy) is 1. The molecule has 1 saturated heterocycles. The van der Waals surface area contributed by atoms with Crippen molar-refractivity contribution in [1.82, 2.24) is 14.3 Å². The third kappa shape index (κ3) is 4.67. The second kappa shape index (κ2) is 9.34. The van der Waals surface area contributed by atoms with Crippen LogP contribution in [0, 0.1) is 5.92 Å². The molecule has 156 valence electrons. The first-order valence-electron chi connectivity index (χ1n) is 10.3. The van der Waals surface area contributed by atoms with Crippen LogP contribution in [-0.2, 0) is 15.3 Å². The fourth-order valence-electron chi connectivity index (χ4n) is 3.70. The monoisotopic (exact) mass is 423 g/mol. The number of imidazole rings is 1. The highest BCUT2D eigenvalue weighted by Gasteiger charge is 2.29. The van der Waals surface area contributed by atoms with Crippen LogP contribution in [0.25, 0.3) is 5.65 Å². The van der Waals surface area contributed by atoms with Crippen molar-refractivity contribution in [2.45, 2.75) is 30.4 Å². The van der Waals surface area contributed by atoms with Crippen molar-refractivity contribution in [1.29, 1.82) is 0 Å². The summed E-state index contributed by atoms with van der Waals surface area (Å²) in [5.74, 6) is 0.319. The molecule has 0 aliphatic carbocycles. The van der Waals surface area contributed by atoms with Crippen LogP contribution in [0.1, 0.15) is 35.8 Å². The van der Waals surface area contributed by atoms with Crippen molar-refractivity contribution in [2.24, 2.45) is 5.92 Å². The Morgan fingerprint density at radius 3 is 2.80 bits per heavy atom. The molecular weight excluding hydrogens is 398 g/mol. The minimum absolute atomic E-state index is 0.0269. The maximum Gasteiger partial charge on any atom is 0.310 e. The fraction of sp³-hybridized carbons (Fsp3) is 0.348. The molecule has 6 nitrogen and oxygen atoms in total. The smallest absolute Gasteiger partial charge is 0.310 e. The van der Waals surface area contributed by atoms with E-state index in [4.69, 9.17) is 4.74 Å². The van der Waals surface area contributed by atoms with Crippen LogP contribution in [0.4, 0.5) is 0 Å². The van der Waals surface area contributed by atoms with Crippen LogP contribution >= 0.6 is 11.8 Å². The lowest BCUT2D eigenvalue weighted by atomic mass is 9.97. The molecule has 0 N–H and O–H groups in total. The van der Waals surface area contributed by atoms with Gasteiger partial charge in [0.05, 0.1) is 18.2 Å². The Kier molecular flexibility index (Phi) is 6.38. The number of likely N-dealkylation sites (tertiary alicyclic amines) is 1. The number of pyridine rings is 1. The predicted molar refractivity (Wildman–Crippen MR) is 116 cm³/mol. The number of amides is 1. The van der Waals surface area contributed by atoms with Gasteiger partial charge in [0.1, 0.15) is 5.65 Å². The van der Waals surface area contributed by atoms with E-state index in [1.807, 2.05) is 59.3 Å². The zero-order valence-electron chi connectivity index (χ0n) is 17.0. The van der Waals surface area contributed by atoms with E-state index in [1.165, 1.54) is 0 Å². The van der Waals surface area contributed by atoms with Gasteiger partial charge in [-0.2, -0.15) is 0 Å². The number of hydrogen-bond acceptors (Lipinski definition) is 5. The number of carbonyl (C=O) groups is 2. The quantitative estimate of drug-likeness (QED) is 0.442. The van der Waals surface area contributed by atoms with Gasteiger partial charge in [-0.3, -0.25) is 9.59 Å². The van der Waals surface area contributed by atoms with E-state index in [2.05, 4.69) is 4.98 Å². The first kappa shape index (κ1) is 20.5. The lowest BCUT2D eigenvalue weighted by molar-refractivity contribution is -0.149. The van der Waals surface area contributed by atoms with Crippen molar-refractivity contribution in [2.75, 3.05) is 19.7 Å². The molecule has 0 radical (unpaired) electrons. The first-order chi connectivity index (χ1) is 14.6. The number of carbonyl (C=O) groups excluding carboxylic acids is 2. The van der Waals surface area contributed by atoms with Gasteiger partial charge in [0, 0.05) is 41.7 Å². The fourth-order valence-corrected chi connectivity index (χ4v) is 4.49. The zero-order chi connectivity index (χ0) is 20.9. The highest BCUT2D eigenvalue weighted by Crippen LogP contribution is 2.24. The Morgan fingerprint density at radius 1 is 1.20 bits per heavy atom. The molecular formula is C23H25N3O3S. The molecule has 1 amide bonds. The summed E-state index contributed by atoms with van der Waals surface area (Å²) >= 11 is 1.69. The number of piperidine rings is 1. The average Bonchev–Trinajstić information content (AvgIpc) is 3.21. The second-order valence-electron chi connectivity index (χ2n) is 7.35. The van der Waals surface area contributed by atoms with Crippen molar-refractivity contribution in [3.63, 3.8) is 0 Å².